The van der Waals surface area contributed by atoms with E-state index < -0.39 is 17.5 Å². The highest BCUT2D eigenvalue weighted by Gasteiger charge is 2.27. The Hall–Kier alpha value is -2.97. The minimum absolute atomic E-state index is 0.0920. The van der Waals surface area contributed by atoms with Gasteiger partial charge in [0.1, 0.15) is 6.23 Å². The number of hydrogen-bond acceptors (Lipinski definition) is 5. The van der Waals surface area contributed by atoms with Crippen LogP contribution in [0.3, 0.4) is 0 Å². The maximum Gasteiger partial charge on any atom is 0.330 e. The van der Waals surface area contributed by atoms with Gasteiger partial charge < -0.3 is 9.84 Å². The minimum Gasteiger partial charge on any atom is -0.394 e. The topological polar surface area (TPSA) is 102 Å². The number of benzene rings is 1. The van der Waals surface area contributed by atoms with Gasteiger partial charge in [0, 0.05) is 18.0 Å². The summed E-state index contributed by atoms with van der Waals surface area (Å²) >= 11 is 0. The Bertz CT molecular complexity index is 1020. The van der Waals surface area contributed by atoms with E-state index in [0.29, 0.717) is 24.0 Å². The zero-order chi connectivity index (χ0) is 18.1. The Morgan fingerprint density at radius 3 is 2.73 bits per heavy atom. The standard InChI is InChI=1S/C18H18N4O4/c23-11-14-6-7-16(26-14)21-10-15(17(24)20-18(21)25)12-8-19-22(9-12)13-4-2-1-3-5-13/h1-5,8-10,14,16,23H,6-7,11H2,(H,20,24,25). The van der Waals surface area contributed by atoms with Gasteiger partial charge in [-0.2, -0.15) is 5.10 Å². The molecule has 2 N–H and O–H groups in total. The van der Waals surface area contributed by atoms with E-state index in [9.17, 15) is 14.7 Å². The van der Waals surface area contributed by atoms with Crippen LogP contribution in [0.15, 0.2) is 58.5 Å². The van der Waals surface area contributed by atoms with Gasteiger partial charge in [0.25, 0.3) is 5.56 Å². The van der Waals surface area contributed by atoms with Crippen molar-refractivity contribution in [2.45, 2.75) is 25.2 Å². The van der Waals surface area contributed by atoms with Crippen LogP contribution in [-0.4, -0.2) is 37.1 Å². The van der Waals surface area contributed by atoms with Crippen molar-refractivity contribution in [2.24, 2.45) is 0 Å². The summed E-state index contributed by atoms with van der Waals surface area (Å²) < 4.78 is 8.68. The molecule has 26 heavy (non-hydrogen) atoms. The van der Waals surface area contributed by atoms with Gasteiger partial charge in [-0.15, -0.1) is 0 Å². The second-order valence-corrected chi connectivity index (χ2v) is 6.19. The van der Waals surface area contributed by atoms with Gasteiger partial charge in [0.05, 0.1) is 30.2 Å². The molecule has 3 heterocycles. The van der Waals surface area contributed by atoms with Crippen molar-refractivity contribution in [2.75, 3.05) is 6.61 Å². The molecule has 2 atom stereocenters. The molecule has 3 aromatic rings. The summed E-state index contributed by atoms with van der Waals surface area (Å²) in [7, 11) is 0. The highest BCUT2D eigenvalue weighted by molar-refractivity contribution is 5.60. The van der Waals surface area contributed by atoms with E-state index in [4.69, 9.17) is 4.74 Å². The molecule has 1 saturated heterocycles. The molecule has 8 nitrogen and oxygen atoms in total. The number of para-hydroxylation sites is 1. The minimum atomic E-state index is -0.530. The van der Waals surface area contributed by atoms with Crippen LogP contribution in [-0.2, 0) is 4.74 Å². The number of aromatic amines is 1. The van der Waals surface area contributed by atoms with Crippen molar-refractivity contribution in [1.82, 2.24) is 19.3 Å². The maximum atomic E-state index is 12.3. The largest absolute Gasteiger partial charge is 0.394 e. The quantitative estimate of drug-likeness (QED) is 0.729. The molecular weight excluding hydrogens is 336 g/mol. The van der Waals surface area contributed by atoms with E-state index in [2.05, 4.69) is 10.1 Å². The van der Waals surface area contributed by atoms with E-state index in [1.807, 2.05) is 30.3 Å². The summed E-state index contributed by atoms with van der Waals surface area (Å²) in [6, 6.07) is 9.53. The first-order valence-corrected chi connectivity index (χ1v) is 8.38. The molecular formula is C18H18N4O4. The second-order valence-electron chi connectivity index (χ2n) is 6.19. The van der Waals surface area contributed by atoms with Crippen molar-refractivity contribution in [3.63, 3.8) is 0 Å². The monoisotopic (exact) mass is 354 g/mol. The highest BCUT2D eigenvalue weighted by atomic mass is 16.5. The number of aromatic nitrogens is 4. The third-order valence-electron chi connectivity index (χ3n) is 4.48. The Morgan fingerprint density at radius 1 is 1.19 bits per heavy atom. The van der Waals surface area contributed by atoms with Gasteiger partial charge in [-0.1, -0.05) is 18.2 Å². The summed E-state index contributed by atoms with van der Waals surface area (Å²) in [6.45, 7) is -0.0920. The van der Waals surface area contributed by atoms with E-state index >= 15 is 0 Å². The average Bonchev–Trinajstić information content (AvgIpc) is 3.32. The van der Waals surface area contributed by atoms with Crippen LogP contribution in [0.2, 0.25) is 0 Å². The molecule has 2 unspecified atom stereocenters. The number of aliphatic hydroxyl groups is 1. The number of nitrogens with zero attached hydrogens (tertiary/aromatic N) is 3. The summed E-state index contributed by atoms with van der Waals surface area (Å²) in [4.78, 5) is 26.8. The van der Waals surface area contributed by atoms with E-state index in [1.165, 1.54) is 10.8 Å². The molecule has 8 heteroatoms. The molecule has 1 fully saturated rings. The molecule has 4 rings (SSSR count). The molecule has 0 amide bonds. The zero-order valence-corrected chi connectivity index (χ0v) is 13.9. The summed E-state index contributed by atoms with van der Waals surface area (Å²) in [5.41, 5.74) is 0.796. The van der Waals surface area contributed by atoms with Gasteiger partial charge in [-0.25, -0.2) is 9.48 Å². The molecule has 1 aliphatic heterocycles. The first-order chi connectivity index (χ1) is 12.7. The molecule has 2 aromatic heterocycles. The van der Waals surface area contributed by atoms with Crippen molar-refractivity contribution >= 4 is 0 Å². The Balaban J connectivity index is 1.71. The van der Waals surface area contributed by atoms with Crippen LogP contribution < -0.4 is 11.2 Å². The zero-order valence-electron chi connectivity index (χ0n) is 13.9. The Morgan fingerprint density at radius 2 is 2.00 bits per heavy atom. The maximum absolute atomic E-state index is 12.3. The van der Waals surface area contributed by atoms with Crippen LogP contribution in [0.25, 0.3) is 16.8 Å². The fourth-order valence-electron chi connectivity index (χ4n) is 3.11. The highest BCUT2D eigenvalue weighted by Crippen LogP contribution is 2.27. The van der Waals surface area contributed by atoms with E-state index in [1.54, 1.807) is 17.1 Å². The Labute approximate surface area is 148 Å². The van der Waals surface area contributed by atoms with Crippen LogP contribution in [0, 0.1) is 0 Å². The van der Waals surface area contributed by atoms with Crippen LogP contribution in [0.1, 0.15) is 19.1 Å². The third-order valence-corrected chi connectivity index (χ3v) is 4.48. The van der Waals surface area contributed by atoms with Gasteiger partial charge in [-0.3, -0.25) is 14.3 Å². The molecule has 0 spiro atoms. The van der Waals surface area contributed by atoms with E-state index in [-0.39, 0.29) is 12.7 Å². The SMILES string of the molecule is O=c1[nH]c(=O)n(C2CCC(CO)O2)cc1-c1cnn(-c2ccccc2)c1. The molecule has 0 bridgehead atoms. The lowest BCUT2D eigenvalue weighted by atomic mass is 10.2. The predicted molar refractivity (Wildman–Crippen MR) is 94.1 cm³/mol. The van der Waals surface area contributed by atoms with Gasteiger partial charge >= 0.3 is 5.69 Å². The number of ether oxygens (including phenoxy) is 1. The summed E-state index contributed by atoms with van der Waals surface area (Å²) in [5.74, 6) is 0. The van der Waals surface area contributed by atoms with Gasteiger partial charge in [0.2, 0.25) is 0 Å². The lowest BCUT2D eigenvalue weighted by Gasteiger charge is -2.15. The molecule has 0 radical (unpaired) electrons. The van der Waals surface area contributed by atoms with Crippen molar-refractivity contribution in [3.05, 3.63) is 69.8 Å². The smallest absolute Gasteiger partial charge is 0.330 e. The van der Waals surface area contributed by atoms with Crippen LogP contribution in [0.5, 0.6) is 0 Å². The number of hydrogen-bond donors (Lipinski definition) is 2. The Kier molecular flexibility index (Phi) is 4.27. The van der Waals surface area contributed by atoms with Crippen molar-refractivity contribution in [1.29, 1.82) is 0 Å². The number of rotatable bonds is 4. The van der Waals surface area contributed by atoms with Gasteiger partial charge in [-0.05, 0) is 25.0 Å². The second kappa shape index (κ2) is 6.74. The fraction of sp³-hybridized carbons (Fsp3) is 0.278. The fourth-order valence-corrected chi connectivity index (χ4v) is 3.11. The van der Waals surface area contributed by atoms with Crippen molar-refractivity contribution < 1.29 is 9.84 Å². The lowest BCUT2D eigenvalue weighted by molar-refractivity contribution is -0.0245. The molecule has 0 aliphatic carbocycles. The van der Waals surface area contributed by atoms with Crippen molar-refractivity contribution in [3.8, 4) is 16.8 Å². The average molecular weight is 354 g/mol. The predicted octanol–water partition coefficient (Wildman–Crippen LogP) is 1.06. The molecule has 1 aliphatic rings. The number of H-pyrrole nitrogens is 1. The first kappa shape index (κ1) is 16.5. The molecule has 1 aromatic carbocycles. The van der Waals surface area contributed by atoms with E-state index in [0.717, 1.165) is 5.69 Å². The van der Waals surface area contributed by atoms with Gasteiger partial charge in [0.15, 0.2) is 0 Å². The number of aliphatic hydroxyl groups excluding tert-OH is 1. The third kappa shape index (κ3) is 3.00. The molecule has 0 saturated carbocycles. The summed E-state index contributed by atoms with van der Waals surface area (Å²) in [6.07, 6.45) is 5.29. The summed E-state index contributed by atoms with van der Waals surface area (Å²) in [5, 5.41) is 13.5. The first-order valence-electron chi connectivity index (χ1n) is 8.38. The van der Waals surface area contributed by atoms with Crippen LogP contribution in [0.4, 0.5) is 0 Å². The lowest BCUT2D eigenvalue weighted by Crippen LogP contribution is -2.33. The normalized spacial score (nSPS) is 19.7. The number of nitrogens with one attached hydrogen (secondary N) is 1. The molecule has 134 valence electrons. The van der Waals surface area contributed by atoms with Crippen LogP contribution >= 0.6 is 0 Å².